The average molecular weight is 335 g/mol. The molecule has 0 saturated carbocycles. The maximum atomic E-state index is 12.1. The normalized spacial score (nSPS) is 10.8. The highest BCUT2D eigenvalue weighted by atomic mass is 32.1. The molecule has 0 fully saturated rings. The van der Waals surface area contributed by atoms with Crippen LogP contribution in [0.1, 0.15) is 5.69 Å². The van der Waals surface area contributed by atoms with Crippen molar-refractivity contribution in [1.82, 2.24) is 9.55 Å². The summed E-state index contributed by atoms with van der Waals surface area (Å²) < 4.78 is 7.53. The molecule has 0 atom stereocenters. The molecule has 3 aromatic rings. The topological polar surface area (TPSA) is 73.2 Å². The van der Waals surface area contributed by atoms with E-state index >= 15 is 0 Å². The third kappa shape index (κ3) is 2.88. The molecule has 0 radical (unpaired) electrons. The molecule has 0 bridgehead atoms. The lowest BCUT2D eigenvalue weighted by atomic mass is 10.3. The van der Waals surface area contributed by atoms with E-state index in [1.807, 2.05) is 18.2 Å². The summed E-state index contributed by atoms with van der Waals surface area (Å²) >= 11 is 2.46. The summed E-state index contributed by atoms with van der Waals surface area (Å²) in [7, 11) is 1.60. The number of nitrogens with one attached hydrogen (secondary N) is 1. The van der Waals surface area contributed by atoms with Gasteiger partial charge in [-0.1, -0.05) is 22.7 Å². The van der Waals surface area contributed by atoms with E-state index in [2.05, 4.69) is 10.3 Å². The van der Waals surface area contributed by atoms with E-state index in [0.29, 0.717) is 5.13 Å². The first-order chi connectivity index (χ1) is 10.6. The third-order valence-electron chi connectivity index (χ3n) is 3.12. The molecule has 114 valence electrons. The lowest BCUT2D eigenvalue weighted by molar-refractivity contribution is -0.116. The lowest BCUT2D eigenvalue weighted by Gasteiger charge is -2.03. The molecule has 8 heteroatoms. The first-order valence-corrected chi connectivity index (χ1v) is 8.16. The van der Waals surface area contributed by atoms with Crippen LogP contribution < -0.4 is 14.9 Å². The van der Waals surface area contributed by atoms with E-state index in [9.17, 15) is 9.59 Å². The molecule has 0 aliphatic carbocycles. The van der Waals surface area contributed by atoms with Gasteiger partial charge in [0.1, 0.15) is 12.3 Å². The fraction of sp³-hybridized carbons (Fsp3) is 0.214. The zero-order valence-corrected chi connectivity index (χ0v) is 13.6. The number of thiazole rings is 2. The third-order valence-corrected chi connectivity index (χ3v) is 4.93. The minimum atomic E-state index is -0.269. The Morgan fingerprint density at radius 2 is 2.27 bits per heavy atom. The number of nitrogens with zero attached hydrogens (tertiary/aromatic N) is 2. The maximum Gasteiger partial charge on any atom is 0.307 e. The second-order valence-electron chi connectivity index (χ2n) is 4.63. The molecule has 3 rings (SSSR count). The van der Waals surface area contributed by atoms with Crippen molar-refractivity contribution in [3.05, 3.63) is 38.9 Å². The summed E-state index contributed by atoms with van der Waals surface area (Å²) in [6.45, 7) is 1.79. The number of aromatic nitrogens is 2. The number of anilines is 1. The average Bonchev–Trinajstić information content (AvgIpc) is 3.03. The highest BCUT2D eigenvalue weighted by Crippen LogP contribution is 2.29. The Kier molecular flexibility index (Phi) is 3.95. The van der Waals surface area contributed by atoms with Crippen LogP contribution in [0.4, 0.5) is 5.13 Å². The predicted molar refractivity (Wildman–Crippen MR) is 88.1 cm³/mol. The number of ether oxygens (including phenoxy) is 1. The summed E-state index contributed by atoms with van der Waals surface area (Å²) in [5.41, 5.74) is 1.57. The second kappa shape index (κ2) is 5.90. The number of fused-ring (bicyclic) bond motifs is 1. The van der Waals surface area contributed by atoms with E-state index in [-0.39, 0.29) is 17.3 Å². The molecule has 6 nitrogen and oxygen atoms in total. The van der Waals surface area contributed by atoms with Gasteiger partial charge in [0.05, 0.1) is 17.3 Å². The Balaban J connectivity index is 1.78. The summed E-state index contributed by atoms with van der Waals surface area (Å²) in [5, 5.41) is 4.98. The van der Waals surface area contributed by atoms with Crippen LogP contribution in [0.25, 0.3) is 10.2 Å². The second-order valence-corrected chi connectivity index (χ2v) is 6.48. The van der Waals surface area contributed by atoms with Gasteiger partial charge in [0.25, 0.3) is 0 Å². The van der Waals surface area contributed by atoms with Crippen LogP contribution in [-0.4, -0.2) is 22.6 Å². The molecule has 22 heavy (non-hydrogen) atoms. The molecule has 2 aromatic heterocycles. The smallest absolute Gasteiger partial charge is 0.307 e. The van der Waals surface area contributed by atoms with Gasteiger partial charge in [-0.25, -0.2) is 4.98 Å². The minimum Gasteiger partial charge on any atom is -0.497 e. The number of benzene rings is 1. The Bertz CT molecular complexity index is 894. The van der Waals surface area contributed by atoms with Gasteiger partial charge in [-0.05, 0) is 25.1 Å². The molecule has 0 saturated heterocycles. The van der Waals surface area contributed by atoms with Crippen LogP contribution in [0.15, 0.2) is 28.4 Å². The van der Waals surface area contributed by atoms with Crippen molar-refractivity contribution in [3.63, 3.8) is 0 Å². The van der Waals surface area contributed by atoms with Crippen molar-refractivity contribution >= 4 is 43.9 Å². The van der Waals surface area contributed by atoms with Crippen molar-refractivity contribution in [3.8, 4) is 5.75 Å². The van der Waals surface area contributed by atoms with Crippen LogP contribution in [0.3, 0.4) is 0 Å². The Labute approximate surface area is 134 Å². The van der Waals surface area contributed by atoms with E-state index in [0.717, 1.165) is 33.0 Å². The summed E-state index contributed by atoms with van der Waals surface area (Å²) in [6.07, 6.45) is 0. The highest BCUT2D eigenvalue weighted by molar-refractivity contribution is 7.22. The Morgan fingerprint density at radius 1 is 1.45 bits per heavy atom. The SMILES string of the molecule is COc1ccc2nc(NC(=O)Cn3c(C)csc3=O)sc2c1. The molecule has 0 spiro atoms. The van der Waals surface area contributed by atoms with Crippen LogP contribution in [0.2, 0.25) is 0 Å². The summed E-state index contributed by atoms with van der Waals surface area (Å²) in [5.74, 6) is 0.476. The van der Waals surface area contributed by atoms with Crippen LogP contribution in [0.5, 0.6) is 5.75 Å². The number of carbonyl (C=O) groups is 1. The van der Waals surface area contributed by atoms with E-state index in [1.165, 1.54) is 15.9 Å². The van der Waals surface area contributed by atoms with Gasteiger partial charge in [-0.2, -0.15) is 0 Å². The lowest BCUT2D eigenvalue weighted by Crippen LogP contribution is -2.25. The number of carbonyl (C=O) groups excluding carboxylic acids is 1. The number of aryl methyl sites for hydroxylation is 1. The van der Waals surface area contributed by atoms with Gasteiger partial charge in [-0.3, -0.25) is 14.2 Å². The number of hydrogen-bond acceptors (Lipinski definition) is 6. The molecule has 2 heterocycles. The monoisotopic (exact) mass is 335 g/mol. The van der Waals surface area contributed by atoms with E-state index in [1.54, 1.807) is 19.4 Å². The van der Waals surface area contributed by atoms with Crippen LogP contribution >= 0.6 is 22.7 Å². The maximum absolute atomic E-state index is 12.1. The fourth-order valence-corrected chi connectivity index (χ4v) is 3.63. The van der Waals surface area contributed by atoms with Gasteiger partial charge in [0.2, 0.25) is 5.91 Å². The molecule has 0 unspecified atom stereocenters. The van der Waals surface area contributed by atoms with Crippen molar-refractivity contribution in [1.29, 1.82) is 0 Å². The summed E-state index contributed by atoms with van der Waals surface area (Å²) in [4.78, 5) is 27.9. The first kappa shape index (κ1) is 14.7. The van der Waals surface area contributed by atoms with Crippen molar-refractivity contribution in [2.45, 2.75) is 13.5 Å². The molecule has 0 aliphatic rings. The van der Waals surface area contributed by atoms with Gasteiger partial charge in [0, 0.05) is 11.1 Å². The first-order valence-electron chi connectivity index (χ1n) is 6.46. The van der Waals surface area contributed by atoms with Gasteiger partial charge >= 0.3 is 4.87 Å². The Hall–Kier alpha value is -2.19. The predicted octanol–water partition coefficient (Wildman–Crippen LogP) is 2.48. The standard InChI is InChI=1S/C14H13N3O3S2/c1-8-7-21-14(19)17(8)6-12(18)16-13-15-10-4-3-9(20-2)5-11(10)22-13/h3-5,7H,6H2,1-2H3,(H,15,16,18). The molecule has 1 aromatic carbocycles. The molecular weight excluding hydrogens is 322 g/mol. The quantitative estimate of drug-likeness (QED) is 0.795. The van der Waals surface area contributed by atoms with Gasteiger partial charge < -0.3 is 10.1 Å². The zero-order chi connectivity index (χ0) is 15.7. The zero-order valence-electron chi connectivity index (χ0n) is 12.0. The Morgan fingerprint density at radius 3 is 2.95 bits per heavy atom. The van der Waals surface area contributed by atoms with Crippen molar-refractivity contribution in [2.75, 3.05) is 12.4 Å². The van der Waals surface area contributed by atoms with Gasteiger partial charge in [0.15, 0.2) is 5.13 Å². The van der Waals surface area contributed by atoms with E-state index in [4.69, 9.17) is 4.74 Å². The van der Waals surface area contributed by atoms with Crippen molar-refractivity contribution < 1.29 is 9.53 Å². The minimum absolute atomic E-state index is 0.00653. The molecule has 1 amide bonds. The van der Waals surface area contributed by atoms with Crippen LogP contribution in [-0.2, 0) is 11.3 Å². The summed E-state index contributed by atoms with van der Waals surface area (Å²) in [6, 6.07) is 5.53. The van der Waals surface area contributed by atoms with Crippen LogP contribution in [0, 0.1) is 6.92 Å². The molecule has 0 aliphatic heterocycles. The fourth-order valence-electron chi connectivity index (χ4n) is 1.98. The number of methoxy groups -OCH3 is 1. The van der Waals surface area contributed by atoms with Gasteiger partial charge in [-0.15, -0.1) is 0 Å². The highest BCUT2D eigenvalue weighted by Gasteiger charge is 2.11. The molecular formula is C14H13N3O3S2. The number of hydrogen-bond donors (Lipinski definition) is 1. The molecule has 1 N–H and O–H groups in total. The number of amides is 1. The van der Waals surface area contributed by atoms with Crippen molar-refractivity contribution in [2.24, 2.45) is 0 Å². The number of rotatable bonds is 4. The largest absolute Gasteiger partial charge is 0.497 e. The van der Waals surface area contributed by atoms with E-state index < -0.39 is 0 Å².